The highest BCUT2D eigenvalue weighted by atomic mass is 32.1. The van der Waals surface area contributed by atoms with Crippen molar-refractivity contribution in [2.24, 2.45) is 0 Å². The van der Waals surface area contributed by atoms with E-state index >= 15 is 0 Å². The van der Waals surface area contributed by atoms with Gasteiger partial charge in [-0.3, -0.25) is 9.59 Å². The molecule has 31 heavy (non-hydrogen) atoms. The van der Waals surface area contributed by atoms with Crippen molar-refractivity contribution >= 4 is 33.1 Å². The average molecular weight is 436 g/mol. The molecular formula is C23H20N2O5S. The number of methoxy groups -OCH3 is 2. The Kier molecular flexibility index (Phi) is 5.64. The van der Waals surface area contributed by atoms with E-state index in [-0.39, 0.29) is 17.9 Å². The molecule has 2 heterocycles. The Labute approximate surface area is 182 Å². The molecule has 0 spiro atoms. The molecule has 0 bridgehead atoms. The first-order valence-corrected chi connectivity index (χ1v) is 10.3. The molecule has 0 aliphatic heterocycles. The lowest BCUT2D eigenvalue weighted by atomic mass is 10.1. The lowest BCUT2D eigenvalue weighted by Gasteiger charge is -2.14. The van der Waals surface area contributed by atoms with Gasteiger partial charge < -0.3 is 24.5 Å². The number of fused-ring (bicyclic) bond motifs is 1. The van der Waals surface area contributed by atoms with Gasteiger partial charge in [0.05, 0.1) is 36.7 Å². The molecule has 8 heteroatoms. The zero-order valence-electron chi connectivity index (χ0n) is 16.9. The van der Waals surface area contributed by atoms with Crippen molar-refractivity contribution in [1.29, 1.82) is 0 Å². The van der Waals surface area contributed by atoms with Gasteiger partial charge in [-0.25, -0.2) is 0 Å². The van der Waals surface area contributed by atoms with Crippen LogP contribution in [0.15, 0.2) is 64.8 Å². The third-order valence-electron chi connectivity index (χ3n) is 4.91. The molecule has 158 valence electrons. The summed E-state index contributed by atoms with van der Waals surface area (Å²) in [5, 5.41) is 15.2. The molecule has 0 saturated carbocycles. The van der Waals surface area contributed by atoms with Crippen LogP contribution < -0.4 is 20.3 Å². The lowest BCUT2D eigenvalue weighted by Crippen LogP contribution is -2.30. The molecule has 0 aliphatic rings. The van der Waals surface area contributed by atoms with Gasteiger partial charge in [0.25, 0.3) is 11.5 Å². The van der Waals surface area contributed by atoms with Crippen LogP contribution in [-0.4, -0.2) is 29.8 Å². The summed E-state index contributed by atoms with van der Waals surface area (Å²) in [6.07, 6.45) is 0. The third-order valence-corrected chi connectivity index (χ3v) is 5.82. The number of carbonyl (C=O) groups excluding carboxylic acids is 1. The minimum Gasteiger partial charge on any atom is -0.505 e. The van der Waals surface area contributed by atoms with Crippen molar-refractivity contribution < 1.29 is 19.4 Å². The van der Waals surface area contributed by atoms with E-state index in [9.17, 15) is 14.7 Å². The number of nitrogens with zero attached hydrogens (tertiary/aromatic N) is 1. The van der Waals surface area contributed by atoms with Crippen LogP contribution in [-0.2, 0) is 6.54 Å². The molecule has 0 unspecified atom stereocenters. The highest BCUT2D eigenvalue weighted by Gasteiger charge is 2.24. The second kappa shape index (κ2) is 8.53. The van der Waals surface area contributed by atoms with E-state index in [4.69, 9.17) is 9.47 Å². The maximum Gasteiger partial charge on any atom is 0.268 e. The summed E-state index contributed by atoms with van der Waals surface area (Å²) < 4.78 is 12.5. The summed E-state index contributed by atoms with van der Waals surface area (Å²) >= 11 is 1.26. The van der Waals surface area contributed by atoms with Crippen LogP contribution in [0.3, 0.4) is 0 Å². The van der Waals surface area contributed by atoms with Gasteiger partial charge in [-0.05, 0) is 29.1 Å². The fourth-order valence-electron chi connectivity index (χ4n) is 3.38. The number of anilines is 1. The van der Waals surface area contributed by atoms with Crippen molar-refractivity contribution in [2.45, 2.75) is 6.54 Å². The van der Waals surface area contributed by atoms with Crippen LogP contribution in [0.1, 0.15) is 15.9 Å². The molecular weight excluding hydrogens is 416 g/mol. The van der Waals surface area contributed by atoms with Crippen LogP contribution in [0.5, 0.6) is 17.2 Å². The summed E-state index contributed by atoms with van der Waals surface area (Å²) in [6, 6.07) is 16.1. The quantitative estimate of drug-likeness (QED) is 0.475. The number of thiophene rings is 1. The molecule has 0 aliphatic carbocycles. The van der Waals surface area contributed by atoms with E-state index < -0.39 is 11.5 Å². The van der Waals surface area contributed by atoms with Gasteiger partial charge >= 0.3 is 0 Å². The smallest absolute Gasteiger partial charge is 0.268 e. The Balaban J connectivity index is 1.81. The summed E-state index contributed by atoms with van der Waals surface area (Å²) in [7, 11) is 2.98. The van der Waals surface area contributed by atoms with Crippen molar-refractivity contribution in [2.75, 3.05) is 19.5 Å². The molecule has 4 rings (SSSR count). The van der Waals surface area contributed by atoms with Gasteiger partial charge in [-0.15, -0.1) is 11.3 Å². The number of hydrogen-bond donors (Lipinski definition) is 2. The Bertz CT molecular complexity index is 1310. The first-order valence-electron chi connectivity index (χ1n) is 9.43. The molecule has 1 amide bonds. The van der Waals surface area contributed by atoms with E-state index in [2.05, 4.69) is 5.32 Å². The number of benzene rings is 2. The van der Waals surface area contributed by atoms with Crippen LogP contribution in [0, 0.1) is 0 Å². The van der Waals surface area contributed by atoms with E-state index in [1.807, 2.05) is 30.3 Å². The number of amides is 1. The van der Waals surface area contributed by atoms with E-state index in [0.29, 0.717) is 27.4 Å². The number of hydrogen-bond acceptors (Lipinski definition) is 6. The molecule has 0 saturated heterocycles. The number of aromatic nitrogens is 1. The third kappa shape index (κ3) is 3.85. The highest BCUT2D eigenvalue weighted by Crippen LogP contribution is 2.33. The summed E-state index contributed by atoms with van der Waals surface area (Å²) in [5.74, 6) is -0.157. The Morgan fingerprint density at radius 2 is 1.87 bits per heavy atom. The molecule has 2 aromatic heterocycles. The zero-order chi connectivity index (χ0) is 22.0. The number of pyridine rings is 1. The Hall–Kier alpha value is -3.78. The summed E-state index contributed by atoms with van der Waals surface area (Å²) in [6.45, 7) is 0.274. The SMILES string of the molecule is COc1ccc(OC)c(NC(=O)c2c(O)c3sccc3n(Cc3ccccc3)c2=O)c1. The number of aromatic hydroxyl groups is 1. The summed E-state index contributed by atoms with van der Waals surface area (Å²) in [5.41, 5.74) is 0.907. The Morgan fingerprint density at radius 3 is 2.58 bits per heavy atom. The van der Waals surface area contributed by atoms with Crippen molar-refractivity contribution in [3.63, 3.8) is 0 Å². The molecule has 0 atom stereocenters. The van der Waals surface area contributed by atoms with Gasteiger partial charge in [0.2, 0.25) is 0 Å². The molecule has 2 N–H and O–H groups in total. The normalized spacial score (nSPS) is 10.8. The monoisotopic (exact) mass is 436 g/mol. The number of nitrogens with one attached hydrogen (secondary N) is 1. The van der Waals surface area contributed by atoms with Crippen LogP contribution in [0.4, 0.5) is 5.69 Å². The second-order valence-electron chi connectivity index (χ2n) is 6.76. The fourth-order valence-corrected chi connectivity index (χ4v) is 4.22. The lowest BCUT2D eigenvalue weighted by molar-refractivity contribution is 0.102. The van der Waals surface area contributed by atoms with Gasteiger partial charge in [-0.2, -0.15) is 0 Å². The first kappa shape index (κ1) is 20.5. The maximum atomic E-state index is 13.3. The molecule has 2 aromatic carbocycles. The molecule has 0 radical (unpaired) electrons. The first-order chi connectivity index (χ1) is 15.0. The average Bonchev–Trinajstić information content (AvgIpc) is 3.27. The van der Waals surface area contributed by atoms with Crippen molar-refractivity contribution in [3.8, 4) is 17.2 Å². The number of ether oxygens (including phenoxy) is 2. The predicted molar refractivity (Wildman–Crippen MR) is 121 cm³/mol. The van der Waals surface area contributed by atoms with Crippen molar-refractivity contribution in [1.82, 2.24) is 4.57 Å². The van der Waals surface area contributed by atoms with E-state index in [1.54, 1.807) is 29.6 Å². The minimum atomic E-state index is -0.730. The second-order valence-corrected chi connectivity index (χ2v) is 7.67. The fraction of sp³-hybridized carbons (Fsp3) is 0.130. The molecule has 0 fully saturated rings. The van der Waals surface area contributed by atoms with Crippen LogP contribution >= 0.6 is 11.3 Å². The van der Waals surface area contributed by atoms with Gasteiger partial charge in [-0.1, -0.05) is 30.3 Å². The van der Waals surface area contributed by atoms with Gasteiger partial charge in [0.15, 0.2) is 5.75 Å². The molecule has 7 nitrogen and oxygen atoms in total. The topological polar surface area (TPSA) is 89.8 Å². The van der Waals surface area contributed by atoms with Crippen molar-refractivity contribution in [3.05, 3.63) is 81.5 Å². The standard InChI is InChI=1S/C23H20N2O5S/c1-29-15-8-9-18(30-2)16(12-15)24-22(27)19-20(26)21-17(10-11-31-21)25(23(19)28)13-14-6-4-3-5-7-14/h3-12,26H,13H2,1-2H3,(H,24,27). The highest BCUT2D eigenvalue weighted by molar-refractivity contribution is 7.17. The minimum absolute atomic E-state index is 0.274. The number of rotatable bonds is 6. The van der Waals surface area contributed by atoms with Crippen LogP contribution in [0.25, 0.3) is 10.2 Å². The van der Waals surface area contributed by atoms with Gasteiger partial charge in [0, 0.05) is 6.07 Å². The van der Waals surface area contributed by atoms with E-state index in [1.165, 1.54) is 30.1 Å². The largest absolute Gasteiger partial charge is 0.505 e. The van der Waals surface area contributed by atoms with Gasteiger partial charge in [0.1, 0.15) is 17.1 Å². The zero-order valence-corrected chi connectivity index (χ0v) is 17.7. The number of carbonyl (C=O) groups is 1. The predicted octanol–water partition coefficient (Wildman–Crippen LogP) is 4.09. The maximum absolute atomic E-state index is 13.3. The molecule has 4 aromatic rings. The van der Waals surface area contributed by atoms with E-state index in [0.717, 1.165) is 5.56 Å². The Morgan fingerprint density at radius 1 is 1.10 bits per heavy atom. The summed E-state index contributed by atoms with van der Waals surface area (Å²) in [4.78, 5) is 26.4. The van der Waals surface area contributed by atoms with Crippen LogP contribution in [0.2, 0.25) is 0 Å².